The van der Waals surface area contributed by atoms with Crippen LogP contribution in [0, 0.1) is 0 Å². The first-order valence-electron chi connectivity index (χ1n) is 7.43. The Labute approximate surface area is 127 Å². The summed E-state index contributed by atoms with van der Waals surface area (Å²) in [5, 5.41) is 21.3. The van der Waals surface area contributed by atoms with Crippen molar-refractivity contribution >= 4 is 0 Å². The van der Waals surface area contributed by atoms with E-state index in [-0.39, 0.29) is 6.79 Å². The molecular formula is C15H18N4O3. The topological polar surface area (TPSA) is 83.5 Å². The molecule has 2 aliphatic heterocycles. The van der Waals surface area contributed by atoms with Crippen LogP contribution in [0.15, 0.2) is 24.4 Å². The normalized spacial score (nSPS) is 24.6. The van der Waals surface area contributed by atoms with Gasteiger partial charge in [0.2, 0.25) is 6.79 Å². The number of fused-ring (bicyclic) bond motifs is 1. The van der Waals surface area contributed by atoms with Gasteiger partial charge in [0.05, 0.1) is 6.20 Å². The minimum Gasteiger partial charge on any atom is -0.454 e. The van der Waals surface area contributed by atoms with E-state index in [2.05, 4.69) is 20.3 Å². The number of H-pyrrole nitrogens is 1. The molecule has 0 radical (unpaired) electrons. The zero-order valence-electron chi connectivity index (χ0n) is 12.2. The zero-order chi connectivity index (χ0) is 15.0. The maximum atomic E-state index is 10.9. The predicted molar refractivity (Wildman–Crippen MR) is 77.4 cm³/mol. The second-order valence-corrected chi connectivity index (χ2v) is 5.85. The highest BCUT2D eigenvalue weighted by molar-refractivity contribution is 5.48. The van der Waals surface area contributed by atoms with Crippen LogP contribution in [-0.2, 0) is 12.1 Å². The summed E-state index contributed by atoms with van der Waals surface area (Å²) in [4.78, 5) is 2.22. The lowest BCUT2D eigenvalue weighted by molar-refractivity contribution is -0.0415. The summed E-state index contributed by atoms with van der Waals surface area (Å²) in [6.45, 7) is 2.46. The highest BCUT2D eigenvalue weighted by Gasteiger charge is 2.37. The molecule has 7 nitrogen and oxygen atoms in total. The Hall–Kier alpha value is -2.12. The van der Waals surface area contributed by atoms with E-state index in [1.165, 1.54) is 0 Å². The van der Waals surface area contributed by atoms with Crippen LogP contribution in [0.1, 0.15) is 24.1 Å². The van der Waals surface area contributed by atoms with Crippen LogP contribution in [0.2, 0.25) is 0 Å². The molecule has 1 fully saturated rings. The number of para-hydroxylation sites is 1. The van der Waals surface area contributed by atoms with Crippen LogP contribution in [0.4, 0.5) is 0 Å². The minimum absolute atomic E-state index is 0.273. The molecule has 2 aliphatic rings. The Balaban J connectivity index is 1.53. The van der Waals surface area contributed by atoms with Gasteiger partial charge < -0.3 is 14.6 Å². The number of hydrogen-bond donors (Lipinski definition) is 2. The summed E-state index contributed by atoms with van der Waals surface area (Å²) in [7, 11) is 0. The molecular weight excluding hydrogens is 284 g/mol. The molecule has 1 atom stereocenters. The fourth-order valence-corrected chi connectivity index (χ4v) is 3.25. The van der Waals surface area contributed by atoms with Crippen LogP contribution >= 0.6 is 0 Å². The monoisotopic (exact) mass is 302 g/mol. The van der Waals surface area contributed by atoms with Gasteiger partial charge in [-0.3, -0.25) is 4.90 Å². The average molecular weight is 302 g/mol. The highest BCUT2D eigenvalue weighted by atomic mass is 16.7. The Bertz CT molecular complexity index is 661. The van der Waals surface area contributed by atoms with E-state index in [0.717, 1.165) is 30.0 Å². The molecule has 2 aromatic rings. The molecule has 22 heavy (non-hydrogen) atoms. The second-order valence-electron chi connectivity index (χ2n) is 5.85. The first-order valence-corrected chi connectivity index (χ1v) is 7.43. The number of benzene rings is 1. The van der Waals surface area contributed by atoms with E-state index < -0.39 is 5.60 Å². The molecule has 1 aromatic carbocycles. The molecule has 0 aliphatic carbocycles. The third-order valence-electron chi connectivity index (χ3n) is 4.31. The van der Waals surface area contributed by atoms with Crippen molar-refractivity contribution in [1.29, 1.82) is 0 Å². The number of piperidine rings is 1. The van der Waals surface area contributed by atoms with Crippen molar-refractivity contribution < 1.29 is 14.6 Å². The zero-order valence-corrected chi connectivity index (χ0v) is 12.2. The van der Waals surface area contributed by atoms with Crippen molar-refractivity contribution in [3.63, 3.8) is 0 Å². The number of β-amino-alcohol motifs (C(OH)–C–C–N with tert-alkyl or cyclic N) is 1. The van der Waals surface area contributed by atoms with Gasteiger partial charge in [0, 0.05) is 18.7 Å². The fourth-order valence-electron chi connectivity index (χ4n) is 3.25. The highest BCUT2D eigenvalue weighted by Crippen LogP contribution is 2.37. The van der Waals surface area contributed by atoms with Gasteiger partial charge in [-0.1, -0.05) is 12.1 Å². The number of aromatic nitrogens is 3. The maximum Gasteiger partial charge on any atom is 0.231 e. The van der Waals surface area contributed by atoms with Crippen LogP contribution in [-0.4, -0.2) is 45.3 Å². The summed E-state index contributed by atoms with van der Waals surface area (Å²) in [6, 6.07) is 5.92. The quantitative estimate of drug-likeness (QED) is 0.880. The molecule has 3 heterocycles. The number of hydrogen-bond acceptors (Lipinski definition) is 6. The van der Waals surface area contributed by atoms with Gasteiger partial charge in [0.1, 0.15) is 11.3 Å². The van der Waals surface area contributed by atoms with Gasteiger partial charge in [-0.05, 0) is 25.5 Å². The smallest absolute Gasteiger partial charge is 0.231 e. The Morgan fingerprint density at radius 2 is 2.32 bits per heavy atom. The van der Waals surface area contributed by atoms with E-state index in [4.69, 9.17) is 9.47 Å². The van der Waals surface area contributed by atoms with Crippen molar-refractivity contribution in [2.24, 2.45) is 0 Å². The Kier molecular flexibility index (Phi) is 3.24. The third kappa shape index (κ3) is 2.32. The molecule has 1 unspecified atom stereocenters. The largest absolute Gasteiger partial charge is 0.454 e. The van der Waals surface area contributed by atoms with Gasteiger partial charge in [-0.15, -0.1) is 0 Å². The summed E-state index contributed by atoms with van der Waals surface area (Å²) >= 11 is 0. The van der Waals surface area contributed by atoms with Gasteiger partial charge in [-0.2, -0.15) is 15.4 Å². The van der Waals surface area contributed by atoms with Crippen molar-refractivity contribution in [2.45, 2.75) is 25.0 Å². The SMILES string of the molecule is OC1(c2cn[nH]n2)CCCN(Cc2cccc3c2OCO3)C1. The average Bonchev–Trinajstić information content (AvgIpc) is 3.20. The molecule has 0 saturated carbocycles. The molecule has 116 valence electrons. The number of aromatic amines is 1. The van der Waals surface area contributed by atoms with Crippen molar-refractivity contribution in [1.82, 2.24) is 20.3 Å². The molecule has 0 bridgehead atoms. The van der Waals surface area contributed by atoms with E-state index in [0.29, 0.717) is 25.2 Å². The van der Waals surface area contributed by atoms with Crippen molar-refractivity contribution in [2.75, 3.05) is 19.9 Å². The summed E-state index contributed by atoms with van der Waals surface area (Å²) < 4.78 is 11.0. The summed E-state index contributed by atoms with van der Waals surface area (Å²) in [5.74, 6) is 1.61. The van der Waals surface area contributed by atoms with E-state index in [1.54, 1.807) is 6.20 Å². The Morgan fingerprint density at radius 1 is 1.36 bits per heavy atom. The molecule has 4 rings (SSSR count). The fraction of sp³-hybridized carbons (Fsp3) is 0.467. The second kappa shape index (κ2) is 5.26. The number of nitrogens with one attached hydrogen (secondary N) is 1. The molecule has 0 amide bonds. The lowest BCUT2D eigenvalue weighted by Crippen LogP contribution is -2.45. The summed E-state index contributed by atoms with van der Waals surface area (Å²) in [5.41, 5.74) is 0.745. The first-order chi connectivity index (χ1) is 10.7. The van der Waals surface area contributed by atoms with Gasteiger partial charge >= 0.3 is 0 Å². The Morgan fingerprint density at radius 3 is 3.18 bits per heavy atom. The lowest BCUT2D eigenvalue weighted by atomic mass is 9.90. The summed E-state index contributed by atoms with van der Waals surface area (Å²) in [6.07, 6.45) is 3.21. The van der Waals surface area contributed by atoms with Crippen LogP contribution in [0.25, 0.3) is 0 Å². The van der Waals surface area contributed by atoms with Gasteiger partial charge in [0.15, 0.2) is 11.5 Å². The number of nitrogens with zero attached hydrogens (tertiary/aromatic N) is 3. The maximum absolute atomic E-state index is 10.9. The van der Waals surface area contributed by atoms with Crippen LogP contribution in [0.5, 0.6) is 11.5 Å². The minimum atomic E-state index is -0.944. The van der Waals surface area contributed by atoms with E-state index in [9.17, 15) is 5.11 Å². The lowest BCUT2D eigenvalue weighted by Gasteiger charge is -2.38. The molecule has 1 saturated heterocycles. The third-order valence-corrected chi connectivity index (χ3v) is 4.31. The molecule has 2 N–H and O–H groups in total. The van der Waals surface area contributed by atoms with Crippen LogP contribution in [0.3, 0.4) is 0 Å². The molecule has 7 heteroatoms. The van der Waals surface area contributed by atoms with Crippen molar-refractivity contribution in [3.05, 3.63) is 35.7 Å². The van der Waals surface area contributed by atoms with E-state index >= 15 is 0 Å². The molecule has 0 spiro atoms. The molecule has 1 aromatic heterocycles. The number of ether oxygens (including phenoxy) is 2. The van der Waals surface area contributed by atoms with Crippen LogP contribution < -0.4 is 9.47 Å². The van der Waals surface area contributed by atoms with Crippen molar-refractivity contribution in [3.8, 4) is 11.5 Å². The predicted octanol–water partition coefficient (Wildman–Crippen LogP) is 1.02. The van der Waals surface area contributed by atoms with E-state index in [1.807, 2.05) is 18.2 Å². The standard InChI is InChI=1S/C15H18N4O3/c20-15(13-7-16-18-17-13)5-2-6-19(9-15)8-11-3-1-4-12-14(11)22-10-21-12/h1,3-4,7,20H,2,5-6,8-10H2,(H,16,17,18). The number of aliphatic hydroxyl groups is 1. The number of likely N-dealkylation sites (tertiary alicyclic amines) is 1. The first kappa shape index (κ1) is 13.5. The number of rotatable bonds is 3. The van der Waals surface area contributed by atoms with Gasteiger partial charge in [-0.25, -0.2) is 0 Å². The van der Waals surface area contributed by atoms with Gasteiger partial charge in [0.25, 0.3) is 0 Å².